The Kier molecular flexibility index (Phi) is 5.28. The van der Waals surface area contributed by atoms with E-state index in [-0.39, 0.29) is 28.0 Å². The van der Waals surface area contributed by atoms with Crippen LogP contribution in [0.3, 0.4) is 0 Å². The van der Waals surface area contributed by atoms with Crippen LogP contribution in [-0.4, -0.2) is 14.4 Å². The first-order valence-corrected chi connectivity index (χ1v) is 9.66. The number of benzene rings is 1. The van der Waals surface area contributed by atoms with Crippen LogP contribution in [0.4, 0.5) is 16.2 Å². The molecule has 3 heterocycles. The Hall–Kier alpha value is -3.96. The predicted molar refractivity (Wildman–Crippen MR) is 117 cm³/mol. The van der Waals surface area contributed by atoms with Crippen LogP contribution >= 0.6 is 11.6 Å². The molecule has 0 spiro atoms. The molecule has 4 aromatic rings. The third kappa shape index (κ3) is 3.79. The molecule has 1 atom stereocenters. The van der Waals surface area contributed by atoms with Crippen molar-refractivity contribution in [2.24, 2.45) is 0 Å². The van der Waals surface area contributed by atoms with Gasteiger partial charge in [-0.05, 0) is 36.2 Å². The van der Waals surface area contributed by atoms with E-state index in [1.165, 1.54) is 16.5 Å². The molecular formula is C22H16ClFN6O. The highest BCUT2D eigenvalue weighted by Gasteiger charge is 2.21. The third-order valence-electron chi connectivity index (χ3n) is 4.84. The number of pyridine rings is 2. The second kappa shape index (κ2) is 8.05. The van der Waals surface area contributed by atoms with E-state index in [2.05, 4.69) is 15.3 Å². The van der Waals surface area contributed by atoms with Crippen molar-refractivity contribution in [3.8, 4) is 17.2 Å². The minimum Gasteiger partial charge on any atom is -0.368 e. The zero-order valence-electron chi connectivity index (χ0n) is 16.3. The van der Waals surface area contributed by atoms with Crippen LogP contribution in [-0.2, 0) is 0 Å². The Bertz CT molecular complexity index is 1400. The van der Waals surface area contributed by atoms with Gasteiger partial charge in [-0.25, -0.2) is 4.39 Å². The molecule has 4 rings (SSSR count). The molecule has 0 aliphatic carbocycles. The van der Waals surface area contributed by atoms with Crippen molar-refractivity contribution in [2.45, 2.75) is 13.0 Å². The van der Waals surface area contributed by atoms with Gasteiger partial charge in [0.1, 0.15) is 17.4 Å². The molecule has 0 fully saturated rings. The molecule has 3 aromatic heterocycles. The number of hydrogen-bond donors (Lipinski definition) is 2. The second-order valence-corrected chi connectivity index (χ2v) is 7.22. The quantitative estimate of drug-likeness (QED) is 0.466. The lowest BCUT2D eigenvalue weighted by atomic mass is 9.96. The van der Waals surface area contributed by atoms with E-state index < -0.39 is 11.9 Å². The Morgan fingerprint density at radius 3 is 2.68 bits per heavy atom. The average molecular weight is 435 g/mol. The lowest BCUT2D eigenvalue weighted by Crippen LogP contribution is -2.21. The number of nitriles is 1. The van der Waals surface area contributed by atoms with Crippen molar-refractivity contribution in [3.05, 3.63) is 87.2 Å². The van der Waals surface area contributed by atoms with Crippen molar-refractivity contribution >= 4 is 28.9 Å². The fourth-order valence-corrected chi connectivity index (χ4v) is 3.65. The van der Waals surface area contributed by atoms with Crippen molar-refractivity contribution in [3.63, 3.8) is 0 Å². The van der Waals surface area contributed by atoms with E-state index in [0.29, 0.717) is 22.2 Å². The molecule has 31 heavy (non-hydrogen) atoms. The smallest absolute Gasteiger partial charge is 0.263 e. The molecular weight excluding hydrogens is 419 g/mol. The highest BCUT2D eigenvalue weighted by atomic mass is 35.5. The highest BCUT2D eigenvalue weighted by molar-refractivity contribution is 6.31. The van der Waals surface area contributed by atoms with Gasteiger partial charge in [-0.2, -0.15) is 15.2 Å². The van der Waals surface area contributed by atoms with Gasteiger partial charge < -0.3 is 11.1 Å². The van der Waals surface area contributed by atoms with Crippen LogP contribution in [0.2, 0.25) is 5.15 Å². The molecule has 0 aliphatic heterocycles. The van der Waals surface area contributed by atoms with Gasteiger partial charge in [0.05, 0.1) is 11.6 Å². The van der Waals surface area contributed by atoms with Gasteiger partial charge in [-0.15, -0.1) is 0 Å². The summed E-state index contributed by atoms with van der Waals surface area (Å²) in [6.07, 6.45) is 1.16. The van der Waals surface area contributed by atoms with Crippen LogP contribution in [0.15, 0.2) is 59.5 Å². The predicted octanol–water partition coefficient (Wildman–Crippen LogP) is 4.18. The van der Waals surface area contributed by atoms with Crippen molar-refractivity contribution < 1.29 is 4.39 Å². The van der Waals surface area contributed by atoms with Gasteiger partial charge in [-0.3, -0.25) is 9.20 Å². The molecule has 154 valence electrons. The van der Waals surface area contributed by atoms with Crippen molar-refractivity contribution in [2.75, 3.05) is 11.1 Å². The molecule has 0 amide bonds. The van der Waals surface area contributed by atoms with E-state index >= 15 is 0 Å². The minimum atomic E-state index is -0.516. The molecule has 0 radical (unpaired) electrons. The Labute approximate surface area is 181 Å². The van der Waals surface area contributed by atoms with Gasteiger partial charge in [0.2, 0.25) is 5.95 Å². The number of nitrogens with two attached hydrogens (primary N) is 1. The fraction of sp³-hybridized carbons (Fsp3) is 0.0909. The zero-order chi connectivity index (χ0) is 22.1. The van der Waals surface area contributed by atoms with Crippen LogP contribution in [0.1, 0.15) is 24.1 Å². The van der Waals surface area contributed by atoms with Gasteiger partial charge in [0.15, 0.2) is 11.0 Å². The highest BCUT2D eigenvalue weighted by Crippen LogP contribution is 2.30. The molecule has 0 bridgehead atoms. The number of anilines is 2. The van der Waals surface area contributed by atoms with E-state index in [4.69, 9.17) is 17.3 Å². The van der Waals surface area contributed by atoms with Crippen LogP contribution < -0.4 is 16.6 Å². The third-order valence-corrected chi connectivity index (χ3v) is 5.12. The summed E-state index contributed by atoms with van der Waals surface area (Å²) < 4.78 is 15.1. The number of fused-ring (bicyclic) bond motifs is 1. The lowest BCUT2D eigenvalue weighted by Gasteiger charge is -2.20. The first-order valence-electron chi connectivity index (χ1n) is 9.29. The topological polar surface area (TPSA) is 109 Å². The normalized spacial score (nSPS) is 11.8. The van der Waals surface area contributed by atoms with Crippen LogP contribution in [0.25, 0.3) is 16.6 Å². The average Bonchev–Trinajstić information content (AvgIpc) is 2.74. The Balaban J connectivity index is 1.92. The van der Waals surface area contributed by atoms with E-state index in [1.807, 2.05) is 31.2 Å². The fourth-order valence-electron chi connectivity index (χ4n) is 3.43. The van der Waals surface area contributed by atoms with Gasteiger partial charge in [-0.1, -0.05) is 41.9 Å². The molecule has 3 N–H and O–H groups in total. The van der Waals surface area contributed by atoms with Crippen LogP contribution in [0, 0.1) is 17.1 Å². The number of rotatable bonds is 4. The Morgan fingerprint density at radius 1 is 1.23 bits per heavy atom. The number of hydrogen-bond acceptors (Lipinski definition) is 6. The number of aromatic nitrogens is 3. The largest absolute Gasteiger partial charge is 0.368 e. The van der Waals surface area contributed by atoms with Gasteiger partial charge in [0, 0.05) is 11.7 Å². The maximum absolute atomic E-state index is 13.8. The summed E-state index contributed by atoms with van der Waals surface area (Å²) in [5.74, 6) is -0.445. The van der Waals surface area contributed by atoms with E-state index in [9.17, 15) is 14.4 Å². The SMILES string of the molecule is CC(Nc1nc(N)nc(Cl)c1C#N)c1cc2ccc(F)cn2c(=O)c1-c1ccccc1. The minimum absolute atomic E-state index is 0.0450. The van der Waals surface area contributed by atoms with Crippen molar-refractivity contribution in [1.29, 1.82) is 5.26 Å². The summed E-state index contributed by atoms with van der Waals surface area (Å²) in [4.78, 5) is 21.2. The van der Waals surface area contributed by atoms with E-state index in [1.54, 1.807) is 18.2 Å². The second-order valence-electron chi connectivity index (χ2n) is 6.86. The molecule has 9 heteroatoms. The zero-order valence-corrected chi connectivity index (χ0v) is 17.1. The molecule has 0 saturated carbocycles. The Morgan fingerprint density at radius 2 is 1.97 bits per heavy atom. The molecule has 0 aliphatic rings. The van der Waals surface area contributed by atoms with Crippen LogP contribution in [0.5, 0.6) is 0 Å². The maximum atomic E-state index is 13.8. The first kappa shape index (κ1) is 20.3. The summed E-state index contributed by atoms with van der Waals surface area (Å²) in [7, 11) is 0. The number of nitrogen functional groups attached to an aromatic ring is 1. The number of nitrogens with zero attached hydrogens (tertiary/aromatic N) is 4. The maximum Gasteiger partial charge on any atom is 0.263 e. The van der Waals surface area contributed by atoms with Gasteiger partial charge >= 0.3 is 0 Å². The summed E-state index contributed by atoms with van der Waals surface area (Å²) in [6, 6.07) is 15.2. The van der Waals surface area contributed by atoms with Crippen molar-refractivity contribution in [1.82, 2.24) is 14.4 Å². The lowest BCUT2D eigenvalue weighted by molar-refractivity contribution is 0.618. The van der Waals surface area contributed by atoms with Gasteiger partial charge in [0.25, 0.3) is 5.56 Å². The molecule has 7 nitrogen and oxygen atoms in total. The molecule has 1 aromatic carbocycles. The summed E-state index contributed by atoms with van der Waals surface area (Å²) in [5, 5.41) is 12.5. The molecule has 0 saturated heterocycles. The molecule has 1 unspecified atom stereocenters. The summed E-state index contributed by atoms with van der Waals surface area (Å²) in [5.41, 5.74) is 7.60. The summed E-state index contributed by atoms with van der Waals surface area (Å²) >= 11 is 6.03. The van der Waals surface area contributed by atoms with E-state index in [0.717, 1.165) is 6.20 Å². The number of halogens is 2. The first-order chi connectivity index (χ1) is 14.9. The monoisotopic (exact) mass is 434 g/mol. The standard InChI is InChI=1S/C22H16ClFN6O/c1-12(27-20-17(10-25)19(23)28-22(26)29-20)16-9-15-8-7-14(24)11-30(15)21(31)18(16)13-5-3-2-4-6-13/h2-9,11-12H,1H3,(H3,26,27,28,29). The summed E-state index contributed by atoms with van der Waals surface area (Å²) in [6.45, 7) is 1.81. The number of nitrogens with one attached hydrogen (secondary N) is 1.